The van der Waals surface area contributed by atoms with Crippen molar-refractivity contribution in [2.24, 2.45) is 11.8 Å². The topological polar surface area (TPSA) is 20.3 Å². The molecule has 1 heterocycles. The molecule has 1 saturated heterocycles. The molecule has 1 aromatic carbocycles. The second kappa shape index (κ2) is 6.64. The Kier molecular flexibility index (Phi) is 4.62. The van der Waals surface area contributed by atoms with Gasteiger partial charge >= 0.3 is 0 Å². The van der Waals surface area contributed by atoms with E-state index < -0.39 is 0 Å². The summed E-state index contributed by atoms with van der Waals surface area (Å²) in [5, 5.41) is 0. The molecule has 1 aromatic rings. The Morgan fingerprint density at radius 1 is 1.05 bits per heavy atom. The Labute approximate surface area is 128 Å². The zero-order chi connectivity index (χ0) is 14.7. The predicted molar refractivity (Wildman–Crippen MR) is 86.1 cm³/mol. The largest absolute Gasteiger partial charge is 0.342 e. The Balaban J connectivity index is 1.48. The molecular formula is C19H27NO. The molecule has 21 heavy (non-hydrogen) atoms. The minimum Gasteiger partial charge on any atom is -0.342 e. The maximum absolute atomic E-state index is 12.4. The van der Waals surface area contributed by atoms with Gasteiger partial charge in [-0.25, -0.2) is 0 Å². The van der Waals surface area contributed by atoms with Gasteiger partial charge in [0, 0.05) is 19.0 Å². The number of piperidine rings is 1. The van der Waals surface area contributed by atoms with E-state index in [0.717, 1.165) is 31.8 Å². The molecule has 1 aliphatic carbocycles. The summed E-state index contributed by atoms with van der Waals surface area (Å²) in [5.41, 5.74) is 2.77. The molecule has 3 rings (SSSR count). The third-order valence-electron chi connectivity index (χ3n) is 5.28. The summed E-state index contributed by atoms with van der Waals surface area (Å²) in [6.07, 6.45) is 8.27. The molecule has 0 spiro atoms. The molecule has 114 valence electrons. The van der Waals surface area contributed by atoms with Crippen LogP contribution in [0.4, 0.5) is 0 Å². The zero-order valence-corrected chi connectivity index (χ0v) is 13.2. The quantitative estimate of drug-likeness (QED) is 0.823. The van der Waals surface area contributed by atoms with E-state index in [1.807, 2.05) is 0 Å². The van der Waals surface area contributed by atoms with Crippen LogP contribution in [-0.4, -0.2) is 23.9 Å². The fourth-order valence-corrected chi connectivity index (χ4v) is 3.85. The number of likely N-dealkylation sites (tertiary alicyclic amines) is 1. The fourth-order valence-electron chi connectivity index (χ4n) is 3.85. The first kappa shape index (κ1) is 14.6. The summed E-state index contributed by atoms with van der Waals surface area (Å²) in [6, 6.07) is 8.92. The average molecular weight is 285 g/mol. The molecule has 0 bridgehead atoms. The lowest BCUT2D eigenvalue weighted by molar-refractivity contribution is -0.136. The summed E-state index contributed by atoms with van der Waals surface area (Å²) in [5.74, 6) is 1.54. The van der Waals surface area contributed by atoms with Crippen molar-refractivity contribution in [2.45, 2.75) is 51.9 Å². The number of hydrogen-bond acceptors (Lipinski definition) is 1. The van der Waals surface area contributed by atoms with Crippen molar-refractivity contribution in [3.05, 3.63) is 35.4 Å². The van der Waals surface area contributed by atoms with Gasteiger partial charge in [0.15, 0.2) is 0 Å². The van der Waals surface area contributed by atoms with E-state index in [2.05, 4.69) is 36.1 Å². The van der Waals surface area contributed by atoms with Crippen LogP contribution >= 0.6 is 0 Å². The Hall–Kier alpha value is -1.31. The van der Waals surface area contributed by atoms with Gasteiger partial charge < -0.3 is 4.90 Å². The van der Waals surface area contributed by atoms with Crippen molar-refractivity contribution in [2.75, 3.05) is 13.1 Å². The van der Waals surface area contributed by atoms with E-state index in [1.165, 1.54) is 43.2 Å². The van der Waals surface area contributed by atoms with Crippen molar-refractivity contribution in [1.29, 1.82) is 0 Å². The van der Waals surface area contributed by atoms with Crippen LogP contribution in [0.3, 0.4) is 0 Å². The second-order valence-electron chi connectivity index (χ2n) is 6.94. The minimum atomic E-state index is 0.346. The van der Waals surface area contributed by atoms with Crippen molar-refractivity contribution in [1.82, 2.24) is 4.90 Å². The molecule has 1 saturated carbocycles. The lowest BCUT2D eigenvalue weighted by atomic mass is 9.89. The molecule has 0 unspecified atom stereocenters. The van der Waals surface area contributed by atoms with Crippen LogP contribution in [0.25, 0.3) is 0 Å². The van der Waals surface area contributed by atoms with Crippen molar-refractivity contribution in [3.63, 3.8) is 0 Å². The smallest absolute Gasteiger partial charge is 0.225 e. The molecule has 2 fully saturated rings. The van der Waals surface area contributed by atoms with Crippen LogP contribution in [0.5, 0.6) is 0 Å². The third kappa shape index (κ3) is 3.66. The van der Waals surface area contributed by atoms with Gasteiger partial charge in [-0.05, 0) is 50.5 Å². The molecule has 1 aliphatic heterocycles. The molecular weight excluding hydrogens is 258 g/mol. The van der Waals surface area contributed by atoms with Crippen LogP contribution in [0, 0.1) is 18.8 Å². The van der Waals surface area contributed by atoms with Gasteiger partial charge in [0.2, 0.25) is 5.91 Å². The molecule has 2 aliphatic rings. The monoisotopic (exact) mass is 285 g/mol. The summed E-state index contributed by atoms with van der Waals surface area (Å²) in [6.45, 7) is 4.09. The lowest BCUT2D eigenvalue weighted by Crippen LogP contribution is -2.41. The first-order chi connectivity index (χ1) is 10.2. The number of nitrogens with zero attached hydrogens (tertiary/aromatic N) is 1. The van der Waals surface area contributed by atoms with Gasteiger partial charge in [-0.2, -0.15) is 0 Å². The van der Waals surface area contributed by atoms with Crippen molar-refractivity contribution < 1.29 is 4.79 Å². The van der Waals surface area contributed by atoms with Gasteiger partial charge in [0.25, 0.3) is 0 Å². The number of aryl methyl sites for hydroxylation is 1. The number of hydrogen-bond donors (Lipinski definition) is 0. The number of carbonyl (C=O) groups excluding carboxylic acids is 1. The number of benzene rings is 1. The third-order valence-corrected chi connectivity index (χ3v) is 5.28. The van der Waals surface area contributed by atoms with E-state index in [-0.39, 0.29) is 0 Å². The van der Waals surface area contributed by atoms with Gasteiger partial charge in [0.05, 0.1) is 0 Å². The Morgan fingerprint density at radius 3 is 2.29 bits per heavy atom. The molecule has 0 aromatic heterocycles. The highest BCUT2D eigenvalue weighted by atomic mass is 16.2. The summed E-state index contributed by atoms with van der Waals surface area (Å²) in [4.78, 5) is 14.6. The predicted octanol–water partition coefficient (Wildman–Crippen LogP) is 3.97. The first-order valence-corrected chi connectivity index (χ1v) is 8.57. The van der Waals surface area contributed by atoms with E-state index >= 15 is 0 Å². The van der Waals surface area contributed by atoms with Crippen LogP contribution in [-0.2, 0) is 11.2 Å². The van der Waals surface area contributed by atoms with E-state index in [4.69, 9.17) is 0 Å². The van der Waals surface area contributed by atoms with E-state index in [1.54, 1.807) is 0 Å². The van der Waals surface area contributed by atoms with E-state index in [0.29, 0.717) is 11.8 Å². The Bertz CT molecular complexity index is 465. The zero-order valence-electron chi connectivity index (χ0n) is 13.2. The normalized spacial score (nSPS) is 20.9. The number of amides is 1. The van der Waals surface area contributed by atoms with Crippen molar-refractivity contribution in [3.8, 4) is 0 Å². The number of rotatable bonds is 3. The highest BCUT2D eigenvalue weighted by Crippen LogP contribution is 2.29. The summed E-state index contributed by atoms with van der Waals surface area (Å²) < 4.78 is 0. The standard InChI is InChI=1S/C19H27NO/c1-15-6-8-16(9-7-15)14-17-10-12-20(13-11-17)19(21)18-4-2-3-5-18/h6-9,17-18H,2-5,10-14H2,1H3. The molecule has 0 N–H and O–H groups in total. The van der Waals surface area contributed by atoms with Crippen LogP contribution < -0.4 is 0 Å². The SMILES string of the molecule is Cc1ccc(CC2CCN(C(=O)C3CCCC3)CC2)cc1. The van der Waals surface area contributed by atoms with Gasteiger partial charge in [-0.1, -0.05) is 42.7 Å². The maximum atomic E-state index is 12.4. The van der Waals surface area contributed by atoms with Crippen molar-refractivity contribution >= 4 is 5.91 Å². The van der Waals surface area contributed by atoms with Gasteiger partial charge in [-0.15, -0.1) is 0 Å². The summed E-state index contributed by atoms with van der Waals surface area (Å²) >= 11 is 0. The van der Waals surface area contributed by atoms with Crippen LogP contribution in [0.2, 0.25) is 0 Å². The van der Waals surface area contributed by atoms with E-state index in [9.17, 15) is 4.79 Å². The molecule has 2 nitrogen and oxygen atoms in total. The maximum Gasteiger partial charge on any atom is 0.225 e. The van der Waals surface area contributed by atoms with Crippen LogP contribution in [0.1, 0.15) is 49.7 Å². The lowest BCUT2D eigenvalue weighted by Gasteiger charge is -2.33. The van der Waals surface area contributed by atoms with Gasteiger partial charge in [0.1, 0.15) is 0 Å². The average Bonchev–Trinajstić information content (AvgIpc) is 3.04. The second-order valence-corrected chi connectivity index (χ2v) is 6.94. The highest BCUT2D eigenvalue weighted by molar-refractivity contribution is 5.79. The Morgan fingerprint density at radius 2 is 1.67 bits per heavy atom. The first-order valence-electron chi connectivity index (χ1n) is 8.57. The fraction of sp³-hybridized carbons (Fsp3) is 0.632. The van der Waals surface area contributed by atoms with Gasteiger partial charge in [-0.3, -0.25) is 4.79 Å². The molecule has 0 radical (unpaired) electrons. The molecule has 0 atom stereocenters. The summed E-state index contributed by atoms with van der Waals surface area (Å²) in [7, 11) is 0. The highest BCUT2D eigenvalue weighted by Gasteiger charge is 2.29. The minimum absolute atomic E-state index is 0.346. The molecule has 2 heteroatoms. The number of carbonyl (C=O) groups is 1. The van der Waals surface area contributed by atoms with Crippen LogP contribution in [0.15, 0.2) is 24.3 Å². The molecule has 1 amide bonds.